The van der Waals surface area contributed by atoms with E-state index in [0.29, 0.717) is 33.9 Å². The molecule has 1 aliphatic carbocycles. The first-order chi connectivity index (χ1) is 13.1. The van der Waals surface area contributed by atoms with Gasteiger partial charge in [-0.25, -0.2) is 9.37 Å². The van der Waals surface area contributed by atoms with Crippen molar-refractivity contribution in [3.05, 3.63) is 30.0 Å². The molecule has 0 unspecified atom stereocenters. The van der Waals surface area contributed by atoms with Crippen molar-refractivity contribution in [1.29, 1.82) is 0 Å². The molecule has 8 nitrogen and oxygen atoms in total. The van der Waals surface area contributed by atoms with E-state index in [2.05, 4.69) is 25.4 Å². The number of nitrogens with one attached hydrogen (secondary N) is 1. The second kappa shape index (κ2) is 5.63. The van der Waals surface area contributed by atoms with Gasteiger partial charge in [-0.2, -0.15) is 10.2 Å². The van der Waals surface area contributed by atoms with E-state index in [9.17, 15) is 4.39 Å². The average molecular weight is 367 g/mol. The molecule has 0 bridgehead atoms. The number of fused-ring (bicyclic) bond motifs is 1. The first kappa shape index (κ1) is 16.0. The molecular formula is C18H18FN7O. The van der Waals surface area contributed by atoms with E-state index in [-0.39, 0.29) is 11.9 Å². The minimum Gasteiger partial charge on any atom is -0.383 e. The van der Waals surface area contributed by atoms with Gasteiger partial charge < -0.3 is 10.3 Å². The number of nitrogen functional groups attached to an aromatic ring is 1. The van der Waals surface area contributed by atoms with Gasteiger partial charge in [-0.1, -0.05) is 5.16 Å². The van der Waals surface area contributed by atoms with Gasteiger partial charge in [0.15, 0.2) is 5.82 Å². The molecule has 4 aromatic heterocycles. The molecular weight excluding hydrogens is 349 g/mol. The van der Waals surface area contributed by atoms with E-state index in [4.69, 9.17) is 10.3 Å². The number of H-pyrrole nitrogens is 1. The summed E-state index contributed by atoms with van der Waals surface area (Å²) < 4.78 is 21.9. The molecule has 0 aliphatic heterocycles. The van der Waals surface area contributed by atoms with Crippen LogP contribution in [-0.4, -0.2) is 30.1 Å². The number of rotatable bonds is 4. The van der Waals surface area contributed by atoms with Crippen LogP contribution in [0.2, 0.25) is 0 Å². The Hall–Kier alpha value is -3.23. The van der Waals surface area contributed by atoms with Crippen molar-refractivity contribution in [1.82, 2.24) is 30.1 Å². The number of hydrogen-bond acceptors (Lipinski definition) is 6. The summed E-state index contributed by atoms with van der Waals surface area (Å²) in [4.78, 5) is 3.98. The maximum atomic E-state index is 14.6. The van der Waals surface area contributed by atoms with Gasteiger partial charge in [0, 0.05) is 18.2 Å². The minimum atomic E-state index is -0.473. The third kappa shape index (κ3) is 2.34. The van der Waals surface area contributed by atoms with Crippen LogP contribution >= 0.6 is 0 Å². The molecule has 138 valence electrons. The van der Waals surface area contributed by atoms with Crippen molar-refractivity contribution in [2.75, 3.05) is 5.73 Å². The van der Waals surface area contributed by atoms with Crippen LogP contribution in [0.4, 0.5) is 10.2 Å². The Kier molecular flexibility index (Phi) is 3.33. The SMILES string of the molecule is CC(C)n1nc(-c2noc(C3CC3)c2-c2cc[nH]n2)c2c(N)ncc(F)c21. The molecule has 0 atom stereocenters. The zero-order valence-electron chi connectivity index (χ0n) is 14.9. The lowest BCUT2D eigenvalue weighted by molar-refractivity contribution is 0.386. The average Bonchev–Trinajstić information content (AvgIpc) is 3.07. The van der Waals surface area contributed by atoms with Gasteiger partial charge in [0.1, 0.15) is 28.5 Å². The molecule has 0 radical (unpaired) electrons. The number of hydrogen-bond donors (Lipinski definition) is 2. The Bertz CT molecular complexity index is 1140. The van der Waals surface area contributed by atoms with Gasteiger partial charge >= 0.3 is 0 Å². The smallest absolute Gasteiger partial charge is 0.167 e. The van der Waals surface area contributed by atoms with Gasteiger partial charge in [0.25, 0.3) is 0 Å². The number of nitrogens with zero attached hydrogens (tertiary/aromatic N) is 5. The molecule has 1 fully saturated rings. The van der Waals surface area contributed by atoms with Crippen LogP contribution in [0.3, 0.4) is 0 Å². The van der Waals surface area contributed by atoms with Crippen molar-refractivity contribution >= 4 is 16.7 Å². The fraction of sp³-hybridized carbons (Fsp3) is 0.333. The molecule has 9 heteroatoms. The number of anilines is 1. The highest BCUT2D eigenvalue weighted by molar-refractivity contribution is 6.02. The molecule has 5 rings (SSSR count). The van der Waals surface area contributed by atoms with Crippen LogP contribution in [0, 0.1) is 5.82 Å². The summed E-state index contributed by atoms with van der Waals surface area (Å²) in [6.45, 7) is 3.86. The molecule has 1 saturated carbocycles. The van der Waals surface area contributed by atoms with Crippen LogP contribution in [0.15, 0.2) is 23.0 Å². The summed E-state index contributed by atoms with van der Waals surface area (Å²) in [7, 11) is 0. The first-order valence-electron chi connectivity index (χ1n) is 8.88. The number of nitrogens with two attached hydrogens (primary N) is 1. The van der Waals surface area contributed by atoms with Gasteiger partial charge in [-0.15, -0.1) is 0 Å². The molecule has 0 amide bonds. The van der Waals surface area contributed by atoms with E-state index in [1.54, 1.807) is 10.9 Å². The van der Waals surface area contributed by atoms with Crippen molar-refractivity contribution in [2.45, 2.75) is 38.6 Å². The molecule has 27 heavy (non-hydrogen) atoms. The quantitative estimate of drug-likeness (QED) is 0.569. The normalized spacial score (nSPS) is 14.5. The Labute approximate surface area is 153 Å². The number of aromatic amines is 1. The summed E-state index contributed by atoms with van der Waals surface area (Å²) in [6, 6.07) is 1.78. The first-order valence-corrected chi connectivity index (χ1v) is 8.88. The van der Waals surface area contributed by atoms with Crippen LogP contribution in [-0.2, 0) is 0 Å². The topological polar surface area (TPSA) is 111 Å². The van der Waals surface area contributed by atoms with Gasteiger partial charge in [0.05, 0.1) is 22.8 Å². The molecule has 4 aromatic rings. The van der Waals surface area contributed by atoms with Crippen LogP contribution in [0.5, 0.6) is 0 Å². The van der Waals surface area contributed by atoms with Crippen molar-refractivity contribution in [2.24, 2.45) is 0 Å². The molecule has 1 aliphatic rings. The number of aromatic nitrogens is 6. The second-order valence-corrected chi connectivity index (χ2v) is 7.11. The van der Waals surface area contributed by atoms with Crippen molar-refractivity contribution < 1.29 is 8.91 Å². The predicted octanol–water partition coefficient (Wildman–Crippen LogP) is 3.66. The summed E-state index contributed by atoms with van der Waals surface area (Å²) in [5.74, 6) is 0.840. The Morgan fingerprint density at radius 1 is 1.33 bits per heavy atom. The standard InChI is InChI=1S/C18H18FN7O/c1-8(2)26-16-10(19)7-21-18(20)13(16)14(24-26)15-12(11-5-6-22-23-11)17(27-25-15)9-3-4-9/h5-9H,3-4H2,1-2H3,(H2,20,21)(H,22,23). The fourth-order valence-electron chi connectivity index (χ4n) is 3.43. The molecule has 0 aromatic carbocycles. The molecule has 0 spiro atoms. The largest absolute Gasteiger partial charge is 0.383 e. The van der Waals surface area contributed by atoms with Crippen molar-refractivity contribution in [3.8, 4) is 22.6 Å². The Balaban J connectivity index is 1.84. The third-order valence-corrected chi connectivity index (χ3v) is 4.85. The van der Waals surface area contributed by atoms with Gasteiger partial charge in [-0.3, -0.25) is 9.78 Å². The van der Waals surface area contributed by atoms with Crippen LogP contribution in [0.25, 0.3) is 33.5 Å². The molecule has 4 heterocycles. The van der Waals surface area contributed by atoms with Crippen LogP contribution < -0.4 is 5.73 Å². The van der Waals surface area contributed by atoms with Gasteiger partial charge in [0.2, 0.25) is 0 Å². The summed E-state index contributed by atoms with van der Waals surface area (Å²) in [5, 5.41) is 16.5. The fourth-order valence-corrected chi connectivity index (χ4v) is 3.43. The molecule has 3 N–H and O–H groups in total. The van der Waals surface area contributed by atoms with Crippen molar-refractivity contribution in [3.63, 3.8) is 0 Å². The number of halogens is 1. The maximum absolute atomic E-state index is 14.6. The number of pyridine rings is 1. The Morgan fingerprint density at radius 2 is 2.15 bits per heavy atom. The zero-order valence-corrected chi connectivity index (χ0v) is 14.9. The highest BCUT2D eigenvalue weighted by atomic mass is 19.1. The lowest BCUT2D eigenvalue weighted by Gasteiger charge is -2.07. The highest BCUT2D eigenvalue weighted by Crippen LogP contribution is 2.48. The van der Waals surface area contributed by atoms with E-state index >= 15 is 0 Å². The summed E-state index contributed by atoms with van der Waals surface area (Å²) in [5.41, 5.74) is 8.88. The van der Waals surface area contributed by atoms with E-state index in [1.807, 2.05) is 19.9 Å². The van der Waals surface area contributed by atoms with E-state index in [1.165, 1.54) is 0 Å². The zero-order chi connectivity index (χ0) is 18.7. The monoisotopic (exact) mass is 367 g/mol. The third-order valence-electron chi connectivity index (χ3n) is 4.85. The molecule has 0 saturated heterocycles. The minimum absolute atomic E-state index is 0.0683. The lowest BCUT2D eigenvalue weighted by atomic mass is 10.0. The Morgan fingerprint density at radius 3 is 2.81 bits per heavy atom. The van der Waals surface area contributed by atoms with Crippen LogP contribution in [0.1, 0.15) is 44.4 Å². The lowest BCUT2D eigenvalue weighted by Crippen LogP contribution is -2.04. The van der Waals surface area contributed by atoms with E-state index in [0.717, 1.165) is 30.4 Å². The summed E-state index contributed by atoms with van der Waals surface area (Å²) >= 11 is 0. The second-order valence-electron chi connectivity index (χ2n) is 7.11. The predicted molar refractivity (Wildman–Crippen MR) is 97.3 cm³/mol. The summed E-state index contributed by atoms with van der Waals surface area (Å²) in [6.07, 6.45) is 4.95. The van der Waals surface area contributed by atoms with Gasteiger partial charge in [-0.05, 0) is 32.8 Å². The maximum Gasteiger partial charge on any atom is 0.167 e. The highest BCUT2D eigenvalue weighted by Gasteiger charge is 2.35. The van der Waals surface area contributed by atoms with E-state index < -0.39 is 5.82 Å².